The van der Waals surface area contributed by atoms with Crippen LogP contribution in [-0.4, -0.2) is 31.9 Å². The molecule has 0 heterocycles. The van der Waals surface area contributed by atoms with E-state index in [1.54, 1.807) is 7.11 Å². The lowest BCUT2D eigenvalue weighted by atomic mass is 10.1. The van der Waals surface area contributed by atoms with E-state index in [1.165, 1.54) is 12.1 Å². The molecular formula is C13H18F2N2OS. The largest absolute Gasteiger partial charge is 0.385 e. The third kappa shape index (κ3) is 7.03. The Morgan fingerprint density at radius 3 is 2.42 bits per heavy atom. The molecule has 0 amide bonds. The first-order chi connectivity index (χ1) is 9.11. The van der Waals surface area contributed by atoms with Crippen LogP contribution in [0.1, 0.15) is 12.0 Å². The molecule has 1 aromatic rings. The second kappa shape index (κ2) is 8.77. The van der Waals surface area contributed by atoms with Crippen molar-refractivity contribution in [2.24, 2.45) is 0 Å². The van der Waals surface area contributed by atoms with E-state index in [0.717, 1.165) is 19.0 Å². The Balaban J connectivity index is 2.20. The molecule has 0 fully saturated rings. The molecule has 0 radical (unpaired) electrons. The Morgan fingerprint density at radius 2 is 1.79 bits per heavy atom. The Bertz CT molecular complexity index is 395. The van der Waals surface area contributed by atoms with Gasteiger partial charge in [0.05, 0.1) is 0 Å². The molecule has 2 N–H and O–H groups in total. The molecule has 0 aromatic heterocycles. The molecule has 1 rings (SSSR count). The summed E-state index contributed by atoms with van der Waals surface area (Å²) in [7, 11) is 1.65. The Morgan fingerprint density at radius 1 is 1.16 bits per heavy atom. The van der Waals surface area contributed by atoms with E-state index < -0.39 is 11.6 Å². The predicted octanol–water partition coefficient (Wildman–Crippen LogP) is 2.01. The summed E-state index contributed by atoms with van der Waals surface area (Å²) in [5.41, 5.74) is 0.604. The molecule has 19 heavy (non-hydrogen) atoms. The maximum atomic E-state index is 12.9. The van der Waals surface area contributed by atoms with Crippen molar-refractivity contribution < 1.29 is 13.5 Å². The fraction of sp³-hybridized carbons (Fsp3) is 0.462. The molecule has 106 valence electrons. The zero-order valence-corrected chi connectivity index (χ0v) is 11.7. The number of rotatable bonds is 7. The van der Waals surface area contributed by atoms with Crippen molar-refractivity contribution in [2.45, 2.75) is 12.8 Å². The molecule has 0 bridgehead atoms. The average molecular weight is 288 g/mol. The van der Waals surface area contributed by atoms with Crippen LogP contribution in [0.15, 0.2) is 18.2 Å². The van der Waals surface area contributed by atoms with Gasteiger partial charge >= 0.3 is 0 Å². The molecule has 0 aliphatic heterocycles. The number of hydrogen-bond acceptors (Lipinski definition) is 2. The first-order valence-corrected chi connectivity index (χ1v) is 6.48. The summed E-state index contributed by atoms with van der Waals surface area (Å²) in [6, 6.07) is 3.50. The van der Waals surface area contributed by atoms with E-state index in [-0.39, 0.29) is 0 Å². The summed E-state index contributed by atoms with van der Waals surface area (Å²) in [5, 5.41) is 6.54. The monoisotopic (exact) mass is 288 g/mol. The number of thiocarbonyl (C=S) groups is 1. The van der Waals surface area contributed by atoms with Crippen LogP contribution in [0.4, 0.5) is 8.78 Å². The summed E-state index contributed by atoms with van der Waals surface area (Å²) in [4.78, 5) is 0. The summed E-state index contributed by atoms with van der Waals surface area (Å²) in [6.07, 6.45) is 1.38. The van der Waals surface area contributed by atoms with Gasteiger partial charge in [0.15, 0.2) is 5.11 Å². The first-order valence-electron chi connectivity index (χ1n) is 6.07. The van der Waals surface area contributed by atoms with Gasteiger partial charge in [0.1, 0.15) is 11.6 Å². The van der Waals surface area contributed by atoms with E-state index in [0.29, 0.717) is 30.2 Å². The minimum Gasteiger partial charge on any atom is -0.385 e. The number of methoxy groups -OCH3 is 1. The van der Waals surface area contributed by atoms with Gasteiger partial charge in [-0.15, -0.1) is 0 Å². The van der Waals surface area contributed by atoms with Crippen LogP contribution >= 0.6 is 12.2 Å². The lowest BCUT2D eigenvalue weighted by Crippen LogP contribution is -2.37. The van der Waals surface area contributed by atoms with E-state index in [1.807, 2.05) is 0 Å². The van der Waals surface area contributed by atoms with Crippen LogP contribution in [0.3, 0.4) is 0 Å². The maximum Gasteiger partial charge on any atom is 0.166 e. The van der Waals surface area contributed by atoms with Crippen LogP contribution in [0.25, 0.3) is 0 Å². The lowest BCUT2D eigenvalue weighted by Gasteiger charge is -2.10. The highest BCUT2D eigenvalue weighted by Gasteiger charge is 2.01. The lowest BCUT2D eigenvalue weighted by molar-refractivity contribution is 0.195. The normalized spacial score (nSPS) is 10.3. The Hall–Kier alpha value is -1.27. The molecule has 6 heteroatoms. The maximum absolute atomic E-state index is 12.9. The fourth-order valence-corrected chi connectivity index (χ4v) is 1.76. The summed E-state index contributed by atoms with van der Waals surface area (Å²) < 4.78 is 30.8. The molecule has 0 unspecified atom stereocenters. The van der Waals surface area contributed by atoms with Gasteiger partial charge in [-0.3, -0.25) is 0 Å². The SMILES string of the molecule is COCCCNC(=S)NCCc1cc(F)cc(F)c1. The highest BCUT2D eigenvalue weighted by atomic mass is 32.1. The predicted molar refractivity (Wildman–Crippen MR) is 75.2 cm³/mol. The Labute approximate surface area is 117 Å². The van der Waals surface area contributed by atoms with Gasteiger partial charge < -0.3 is 15.4 Å². The minimum absolute atomic E-state index is 0.509. The average Bonchev–Trinajstić information content (AvgIpc) is 2.33. The van der Waals surface area contributed by atoms with Crippen LogP contribution in [0.2, 0.25) is 0 Å². The van der Waals surface area contributed by atoms with Crippen molar-refractivity contribution in [1.29, 1.82) is 0 Å². The van der Waals surface area contributed by atoms with Crippen LogP contribution < -0.4 is 10.6 Å². The standard InChI is InChI=1S/C13H18F2N2OS/c1-18-6-2-4-16-13(19)17-5-3-10-7-11(14)9-12(15)8-10/h7-9H,2-6H2,1H3,(H2,16,17,19). The van der Waals surface area contributed by atoms with Gasteiger partial charge in [-0.2, -0.15) is 0 Å². The van der Waals surface area contributed by atoms with Crippen molar-refractivity contribution in [3.63, 3.8) is 0 Å². The van der Waals surface area contributed by atoms with Gasteiger partial charge in [-0.1, -0.05) is 0 Å². The summed E-state index contributed by atoms with van der Waals surface area (Å²) >= 11 is 5.06. The van der Waals surface area contributed by atoms with Gasteiger partial charge in [0, 0.05) is 32.9 Å². The summed E-state index contributed by atoms with van der Waals surface area (Å²) in [6.45, 7) is 1.94. The number of halogens is 2. The number of hydrogen-bond donors (Lipinski definition) is 2. The van der Waals surface area contributed by atoms with Gasteiger partial charge in [0.25, 0.3) is 0 Å². The van der Waals surface area contributed by atoms with Crippen LogP contribution in [0, 0.1) is 11.6 Å². The topological polar surface area (TPSA) is 33.3 Å². The number of ether oxygens (including phenoxy) is 1. The number of nitrogens with one attached hydrogen (secondary N) is 2. The highest BCUT2D eigenvalue weighted by molar-refractivity contribution is 7.80. The molecule has 0 aliphatic carbocycles. The smallest absolute Gasteiger partial charge is 0.166 e. The molecular weight excluding hydrogens is 270 g/mol. The molecule has 3 nitrogen and oxygen atoms in total. The van der Waals surface area contributed by atoms with Gasteiger partial charge in [-0.05, 0) is 42.8 Å². The second-order valence-electron chi connectivity index (χ2n) is 4.06. The van der Waals surface area contributed by atoms with Crippen molar-refractivity contribution >= 4 is 17.3 Å². The van der Waals surface area contributed by atoms with Crippen LogP contribution in [0.5, 0.6) is 0 Å². The van der Waals surface area contributed by atoms with Crippen molar-refractivity contribution in [1.82, 2.24) is 10.6 Å². The van der Waals surface area contributed by atoms with E-state index in [4.69, 9.17) is 17.0 Å². The van der Waals surface area contributed by atoms with E-state index in [2.05, 4.69) is 10.6 Å². The van der Waals surface area contributed by atoms with Crippen molar-refractivity contribution in [3.8, 4) is 0 Å². The third-order valence-corrected chi connectivity index (χ3v) is 2.72. The van der Waals surface area contributed by atoms with E-state index in [9.17, 15) is 8.78 Å². The Kier molecular flexibility index (Phi) is 7.28. The third-order valence-electron chi connectivity index (χ3n) is 2.43. The second-order valence-corrected chi connectivity index (χ2v) is 4.46. The first kappa shape index (κ1) is 15.8. The summed E-state index contributed by atoms with van der Waals surface area (Å²) in [5.74, 6) is -1.12. The molecule has 0 saturated carbocycles. The minimum atomic E-state index is -0.560. The zero-order valence-electron chi connectivity index (χ0n) is 10.8. The van der Waals surface area contributed by atoms with Crippen molar-refractivity contribution in [3.05, 3.63) is 35.4 Å². The van der Waals surface area contributed by atoms with E-state index >= 15 is 0 Å². The molecule has 1 aromatic carbocycles. The van der Waals surface area contributed by atoms with Crippen molar-refractivity contribution in [2.75, 3.05) is 26.8 Å². The highest BCUT2D eigenvalue weighted by Crippen LogP contribution is 2.07. The zero-order chi connectivity index (χ0) is 14.1. The van der Waals surface area contributed by atoms with Gasteiger partial charge in [-0.25, -0.2) is 8.78 Å². The quantitative estimate of drug-likeness (QED) is 0.594. The fourth-order valence-electron chi connectivity index (χ4n) is 1.56. The van der Waals surface area contributed by atoms with Crippen LogP contribution in [-0.2, 0) is 11.2 Å². The molecule has 0 atom stereocenters. The van der Waals surface area contributed by atoms with Gasteiger partial charge in [0.2, 0.25) is 0 Å². The number of benzene rings is 1. The molecule has 0 aliphatic rings. The molecule has 0 spiro atoms. The molecule has 0 saturated heterocycles.